The molecule has 1 radical (unpaired) electrons. The molecule has 6 heteroatoms. The van der Waals surface area contributed by atoms with Gasteiger partial charge < -0.3 is 4.57 Å². The van der Waals surface area contributed by atoms with E-state index >= 15 is 0 Å². The maximum absolute atomic E-state index is 5.25. The summed E-state index contributed by atoms with van der Waals surface area (Å²) in [7, 11) is 0. The summed E-state index contributed by atoms with van der Waals surface area (Å²) in [5.41, 5.74) is 10.5. The largest absolute Gasteiger partial charge is 0.333 e. The molecule has 0 unspecified atom stereocenters. The van der Waals surface area contributed by atoms with Crippen LogP contribution in [-0.2, 0) is 26.5 Å². The van der Waals surface area contributed by atoms with E-state index in [4.69, 9.17) is 9.97 Å². The molecular weight excluding hydrogens is 927 g/mol. The molecule has 0 atom stereocenters. The van der Waals surface area contributed by atoms with E-state index in [0.29, 0.717) is 5.92 Å². The number of aryl methyl sites for hydroxylation is 2. The number of para-hydroxylation sites is 1. The van der Waals surface area contributed by atoms with Crippen LogP contribution in [0, 0.1) is 31.9 Å². The van der Waals surface area contributed by atoms with Crippen molar-refractivity contribution in [2.24, 2.45) is 5.92 Å². The van der Waals surface area contributed by atoms with Crippen LogP contribution < -0.4 is 4.40 Å². The first-order valence-electron chi connectivity index (χ1n) is 18.8. The third-order valence-electron chi connectivity index (χ3n) is 10.2. The summed E-state index contributed by atoms with van der Waals surface area (Å²) in [6.45, 7) is 8.94. The van der Waals surface area contributed by atoms with Crippen molar-refractivity contribution in [3.8, 4) is 28.3 Å². The Morgan fingerprint density at radius 2 is 1.45 bits per heavy atom. The number of hydrogen-bond acceptors (Lipinski definition) is 3. The van der Waals surface area contributed by atoms with Crippen LogP contribution in [0.25, 0.3) is 70.3 Å². The predicted molar refractivity (Wildman–Crippen MR) is 235 cm³/mol. The Morgan fingerprint density at radius 1 is 0.745 bits per heavy atom. The zero-order valence-electron chi connectivity index (χ0n) is 32.5. The minimum Gasteiger partial charge on any atom is -0.333 e. The fourth-order valence-electron chi connectivity index (χ4n) is 7.65. The summed E-state index contributed by atoms with van der Waals surface area (Å²) in [5.74, 6) is 8.94. The molecule has 0 aliphatic carbocycles. The van der Waals surface area contributed by atoms with Gasteiger partial charge in [-0.1, -0.05) is 71.6 Å². The number of aromatic nitrogens is 3. The molecular formula is C49H45GeIrN3S-2. The molecule has 0 spiro atoms. The van der Waals surface area contributed by atoms with Crippen molar-refractivity contribution in [3.63, 3.8) is 0 Å². The zero-order valence-corrected chi connectivity index (χ0v) is 37.8. The number of imidazole rings is 1. The monoisotopic (exact) mass is 974 g/mol. The number of pyridine rings is 1. The summed E-state index contributed by atoms with van der Waals surface area (Å²) in [5, 5.41) is 4.98. The Morgan fingerprint density at radius 3 is 2.16 bits per heavy atom. The van der Waals surface area contributed by atoms with Crippen molar-refractivity contribution in [2.45, 2.75) is 51.4 Å². The van der Waals surface area contributed by atoms with Gasteiger partial charge in [-0.05, 0) is 64.0 Å². The standard InChI is InChI=1S/C31H21N2S.C18H24GeN.Ir/c1-19-9-7-10-20(2)29(19)33-27-18-22-12-4-3-11-21(22)17-26(27)32-31(33)25-15-8-14-24-23-13-5-6-16-28(23)34-30(24)25;1-14(2)11-16-12-18(15-9-7-6-8-10-15)20-13-17(16)19(3,4)5;/h3-14,16-18H,1-2H3;6-9,12-14H,11H2,1-5H3;/q2*-1;. The van der Waals surface area contributed by atoms with Crippen molar-refractivity contribution >= 4 is 71.0 Å². The van der Waals surface area contributed by atoms with Gasteiger partial charge in [0.05, 0.1) is 16.9 Å². The third-order valence-corrected chi connectivity index (χ3v) is 15.7. The maximum Gasteiger partial charge on any atom is 0.0780 e. The molecule has 3 heterocycles. The van der Waals surface area contributed by atoms with E-state index in [-0.39, 0.29) is 20.1 Å². The van der Waals surface area contributed by atoms with E-state index in [2.05, 4.69) is 165 Å². The van der Waals surface area contributed by atoms with Crippen LogP contribution >= 0.6 is 11.3 Å². The van der Waals surface area contributed by atoms with E-state index in [0.717, 1.165) is 40.1 Å². The second kappa shape index (κ2) is 16.0. The smallest absolute Gasteiger partial charge is 0.0780 e. The van der Waals surface area contributed by atoms with Gasteiger partial charge in [0.25, 0.3) is 0 Å². The van der Waals surface area contributed by atoms with Crippen molar-refractivity contribution < 1.29 is 20.1 Å². The Labute approximate surface area is 345 Å². The zero-order chi connectivity index (χ0) is 37.6. The number of nitrogens with zero attached hydrogens (tertiary/aromatic N) is 3. The van der Waals surface area contributed by atoms with E-state index in [1.165, 1.54) is 53.3 Å². The number of thiophene rings is 1. The summed E-state index contributed by atoms with van der Waals surface area (Å²) >= 11 is -0.0343. The fraction of sp³-hybridized carbons (Fsp3) is 0.184. The minimum atomic E-state index is -1.86. The summed E-state index contributed by atoms with van der Waals surface area (Å²) in [4.78, 5) is 9.95. The van der Waals surface area contributed by atoms with E-state index in [9.17, 15) is 0 Å². The van der Waals surface area contributed by atoms with Crippen molar-refractivity contribution in [1.82, 2.24) is 14.5 Å². The van der Waals surface area contributed by atoms with Crippen LogP contribution in [0.1, 0.15) is 30.5 Å². The average Bonchev–Trinajstić information content (AvgIpc) is 3.72. The van der Waals surface area contributed by atoms with Gasteiger partial charge in [0.2, 0.25) is 0 Å². The maximum atomic E-state index is 5.25. The van der Waals surface area contributed by atoms with E-state index in [1.807, 2.05) is 35.6 Å². The van der Waals surface area contributed by atoms with Gasteiger partial charge in [0.1, 0.15) is 0 Å². The van der Waals surface area contributed by atoms with Gasteiger partial charge in [-0.2, -0.15) is 11.3 Å². The van der Waals surface area contributed by atoms with Crippen LogP contribution in [0.15, 0.2) is 128 Å². The number of rotatable bonds is 6. The Kier molecular flexibility index (Phi) is 11.3. The third kappa shape index (κ3) is 7.73. The number of hydrogen-bond donors (Lipinski definition) is 0. The molecule has 0 N–H and O–H groups in total. The molecule has 3 aromatic heterocycles. The number of fused-ring (bicyclic) bond motifs is 5. The first kappa shape index (κ1) is 38.9. The van der Waals surface area contributed by atoms with E-state index in [1.54, 1.807) is 4.40 Å². The van der Waals surface area contributed by atoms with Gasteiger partial charge in [0, 0.05) is 30.5 Å². The Balaban J connectivity index is 0.000000191. The quantitative estimate of drug-likeness (QED) is 0.123. The normalized spacial score (nSPS) is 11.6. The Bertz CT molecular complexity index is 2770. The second-order valence-corrected chi connectivity index (χ2v) is 27.4. The summed E-state index contributed by atoms with van der Waals surface area (Å²) < 4.78 is 6.41. The van der Waals surface area contributed by atoms with Crippen molar-refractivity contribution in [3.05, 3.63) is 156 Å². The molecule has 9 rings (SSSR count). The van der Waals surface area contributed by atoms with Gasteiger partial charge in [-0.3, -0.25) is 4.98 Å². The molecule has 0 bridgehead atoms. The first-order chi connectivity index (χ1) is 26.1. The van der Waals surface area contributed by atoms with Gasteiger partial charge in [-0.15, -0.1) is 18.2 Å². The first-order valence-corrected chi connectivity index (χ1v) is 27.0. The predicted octanol–water partition coefficient (Wildman–Crippen LogP) is 12.9. The van der Waals surface area contributed by atoms with E-state index < -0.39 is 13.3 Å². The molecule has 0 saturated carbocycles. The summed E-state index contributed by atoms with van der Waals surface area (Å²) in [6, 6.07) is 49.6. The molecule has 0 aliphatic rings. The molecule has 0 saturated heterocycles. The van der Waals surface area contributed by atoms with Crippen LogP contribution in [-0.4, -0.2) is 27.8 Å². The molecule has 3 nitrogen and oxygen atoms in total. The van der Waals surface area contributed by atoms with Crippen LogP contribution in [0.5, 0.6) is 0 Å². The topological polar surface area (TPSA) is 30.7 Å². The molecule has 277 valence electrons. The molecule has 0 aliphatic heterocycles. The van der Waals surface area contributed by atoms with Gasteiger partial charge in [0.15, 0.2) is 0 Å². The van der Waals surface area contributed by atoms with Crippen LogP contribution in [0.4, 0.5) is 0 Å². The second-order valence-electron chi connectivity index (χ2n) is 15.7. The Hall–Kier alpha value is -4.39. The number of benzene rings is 6. The molecule has 0 fully saturated rings. The average molecular weight is 973 g/mol. The van der Waals surface area contributed by atoms with Crippen molar-refractivity contribution in [1.29, 1.82) is 0 Å². The molecule has 6 aromatic carbocycles. The molecule has 9 aromatic rings. The van der Waals surface area contributed by atoms with Crippen molar-refractivity contribution in [2.75, 3.05) is 0 Å². The minimum absolute atomic E-state index is 0. The van der Waals surface area contributed by atoms with Gasteiger partial charge in [-0.25, -0.2) is 0 Å². The molecule has 55 heavy (non-hydrogen) atoms. The molecule has 0 amide bonds. The summed E-state index contributed by atoms with van der Waals surface area (Å²) in [6.07, 6.45) is 3.27. The fourth-order valence-corrected chi connectivity index (χ4v) is 12.2. The van der Waals surface area contributed by atoms with Gasteiger partial charge >= 0.3 is 126 Å². The SMILES string of the molecule is CC(C)Cc1cc(-c2[c-]cccc2)nc[c]1[Ge]([CH3])([CH3])[CH3].Cc1cccc(C)c1-n1c(-c2[c-]ccc3c2sc2ccccc23)nc2cc3ccccc3cc21.[Ir]. The van der Waals surface area contributed by atoms with Crippen LogP contribution in [0.3, 0.4) is 0 Å². The van der Waals surface area contributed by atoms with Crippen LogP contribution in [0.2, 0.25) is 17.3 Å².